The van der Waals surface area contributed by atoms with Gasteiger partial charge in [-0.2, -0.15) is 0 Å². The van der Waals surface area contributed by atoms with E-state index >= 15 is 0 Å². The van der Waals surface area contributed by atoms with Crippen molar-refractivity contribution in [1.82, 2.24) is 0 Å². The molecule has 2 nitrogen and oxygen atoms in total. The van der Waals surface area contributed by atoms with Gasteiger partial charge in [0.1, 0.15) is 0 Å². The molecule has 0 saturated carbocycles. The first kappa shape index (κ1) is 27.3. The quantitative estimate of drug-likeness (QED) is 0.325. The second kappa shape index (κ2) is 23.7. The number of carboxylic acids is 1. The first-order valence-electron chi connectivity index (χ1n) is 8.99. The summed E-state index contributed by atoms with van der Waals surface area (Å²) in [5.41, 5.74) is 0. The van der Waals surface area contributed by atoms with E-state index in [0.29, 0.717) is 6.42 Å². The van der Waals surface area contributed by atoms with Crippen LogP contribution in [0, 0.1) is 0 Å². The van der Waals surface area contributed by atoms with Crippen molar-refractivity contribution >= 4 is 40.0 Å². The number of carboxylic acid groups (broad SMARTS) is 1. The van der Waals surface area contributed by atoms with Gasteiger partial charge < -0.3 is 7.96 Å². The summed E-state index contributed by atoms with van der Waals surface area (Å²) >= 11 is 0. The molecular weight excluding hydrogens is 301 g/mol. The SMILES string of the molecule is CCCCCCCCCCCCCCCCCC(=O)O.[H-].[H-].[Mg+2].[SiH4]. The third kappa shape index (κ3) is 25.4. The van der Waals surface area contributed by atoms with Gasteiger partial charge >= 0.3 is 29.0 Å². The van der Waals surface area contributed by atoms with Crippen LogP contribution in [0.5, 0.6) is 0 Å². The van der Waals surface area contributed by atoms with Crippen molar-refractivity contribution in [1.29, 1.82) is 0 Å². The molecule has 0 aromatic heterocycles. The molecule has 4 heteroatoms. The molecule has 0 spiro atoms. The van der Waals surface area contributed by atoms with E-state index in [0.717, 1.165) is 12.8 Å². The molecule has 0 aliphatic rings. The van der Waals surface area contributed by atoms with Crippen LogP contribution in [-0.2, 0) is 4.79 Å². The summed E-state index contributed by atoms with van der Waals surface area (Å²) < 4.78 is 0. The number of aliphatic carboxylic acids is 1. The Morgan fingerprint density at radius 3 is 1.23 bits per heavy atom. The average molecular weight is 343 g/mol. The zero-order valence-electron chi connectivity index (χ0n) is 16.4. The molecular formula is C18H42MgO2Si. The van der Waals surface area contributed by atoms with Gasteiger partial charge in [0, 0.05) is 6.42 Å². The second-order valence-corrected chi connectivity index (χ2v) is 6.09. The topological polar surface area (TPSA) is 37.3 Å². The minimum absolute atomic E-state index is 0. The van der Waals surface area contributed by atoms with Gasteiger partial charge in [0.05, 0.1) is 0 Å². The van der Waals surface area contributed by atoms with Gasteiger partial charge in [0.25, 0.3) is 0 Å². The first-order valence-corrected chi connectivity index (χ1v) is 8.99. The fraction of sp³-hybridized carbons (Fsp3) is 0.944. The van der Waals surface area contributed by atoms with Crippen LogP contribution in [0.4, 0.5) is 0 Å². The fourth-order valence-corrected chi connectivity index (χ4v) is 2.65. The van der Waals surface area contributed by atoms with Crippen LogP contribution in [0.15, 0.2) is 0 Å². The van der Waals surface area contributed by atoms with Crippen molar-refractivity contribution in [2.75, 3.05) is 0 Å². The Balaban J connectivity index is -0.000000301. The van der Waals surface area contributed by atoms with Gasteiger partial charge in [0.15, 0.2) is 0 Å². The first-order chi connectivity index (χ1) is 9.77. The van der Waals surface area contributed by atoms with Crippen molar-refractivity contribution < 1.29 is 12.8 Å². The zero-order valence-corrected chi connectivity index (χ0v) is 15.8. The fourth-order valence-electron chi connectivity index (χ4n) is 2.65. The Labute approximate surface area is 162 Å². The van der Waals surface area contributed by atoms with Gasteiger partial charge in [-0.05, 0) is 17.4 Å². The molecule has 0 unspecified atom stereocenters. The van der Waals surface area contributed by atoms with E-state index in [4.69, 9.17) is 5.11 Å². The minimum Gasteiger partial charge on any atom is -1.00 e. The van der Waals surface area contributed by atoms with E-state index in [9.17, 15) is 4.79 Å². The largest absolute Gasteiger partial charge is 2.00 e. The van der Waals surface area contributed by atoms with Crippen molar-refractivity contribution in [3.05, 3.63) is 0 Å². The van der Waals surface area contributed by atoms with Crippen LogP contribution < -0.4 is 0 Å². The molecule has 0 aliphatic carbocycles. The summed E-state index contributed by atoms with van der Waals surface area (Å²) in [6.45, 7) is 2.27. The molecule has 0 atom stereocenters. The molecule has 0 fully saturated rings. The molecule has 0 heterocycles. The van der Waals surface area contributed by atoms with Crippen molar-refractivity contribution in [2.24, 2.45) is 0 Å². The van der Waals surface area contributed by atoms with E-state index in [-0.39, 0.29) is 36.9 Å². The smallest absolute Gasteiger partial charge is 1.00 e. The molecule has 0 saturated heterocycles. The Morgan fingerprint density at radius 2 is 0.955 bits per heavy atom. The molecule has 132 valence electrons. The maximum atomic E-state index is 10.3. The van der Waals surface area contributed by atoms with Crippen LogP contribution in [0.3, 0.4) is 0 Å². The van der Waals surface area contributed by atoms with Crippen molar-refractivity contribution in [3.8, 4) is 0 Å². The van der Waals surface area contributed by atoms with Crippen LogP contribution in [0.1, 0.15) is 113 Å². The van der Waals surface area contributed by atoms with Gasteiger partial charge in [-0.3, -0.25) is 4.79 Å². The summed E-state index contributed by atoms with van der Waals surface area (Å²) in [6.07, 6.45) is 20.2. The van der Waals surface area contributed by atoms with Gasteiger partial charge in [-0.15, -0.1) is 0 Å². The van der Waals surface area contributed by atoms with E-state index in [1.165, 1.54) is 83.5 Å². The molecule has 0 radical (unpaired) electrons. The maximum Gasteiger partial charge on any atom is 2.00 e. The number of unbranched alkanes of at least 4 members (excludes halogenated alkanes) is 14. The average Bonchev–Trinajstić information content (AvgIpc) is 2.43. The third-order valence-electron chi connectivity index (χ3n) is 3.99. The van der Waals surface area contributed by atoms with Crippen molar-refractivity contribution in [2.45, 2.75) is 110 Å². The summed E-state index contributed by atoms with van der Waals surface area (Å²) in [5.74, 6) is -0.653. The minimum atomic E-state index is -0.653. The molecule has 0 bridgehead atoms. The predicted octanol–water partition coefficient (Wildman–Crippen LogP) is 4.73. The molecule has 22 heavy (non-hydrogen) atoms. The maximum absolute atomic E-state index is 10.3. The van der Waals surface area contributed by atoms with E-state index in [1.54, 1.807) is 0 Å². The molecule has 0 aromatic carbocycles. The number of hydrogen-bond donors (Lipinski definition) is 1. The monoisotopic (exact) mass is 342 g/mol. The van der Waals surface area contributed by atoms with Crippen LogP contribution in [0.2, 0.25) is 0 Å². The Morgan fingerprint density at radius 1 is 0.682 bits per heavy atom. The summed E-state index contributed by atoms with van der Waals surface area (Å²) in [7, 11) is 0. The molecule has 1 N–H and O–H groups in total. The normalized spacial score (nSPS) is 9.86. The van der Waals surface area contributed by atoms with Crippen LogP contribution in [0.25, 0.3) is 0 Å². The predicted molar refractivity (Wildman–Crippen MR) is 106 cm³/mol. The van der Waals surface area contributed by atoms with Gasteiger partial charge in [-0.25, -0.2) is 0 Å². The van der Waals surface area contributed by atoms with E-state index in [2.05, 4.69) is 6.92 Å². The number of rotatable bonds is 16. The second-order valence-electron chi connectivity index (χ2n) is 6.09. The van der Waals surface area contributed by atoms with E-state index in [1.807, 2.05) is 0 Å². The summed E-state index contributed by atoms with van der Waals surface area (Å²) in [5, 5.41) is 8.52. The molecule has 0 rings (SSSR count). The molecule has 0 amide bonds. The molecule has 0 aliphatic heterocycles. The van der Waals surface area contributed by atoms with Gasteiger partial charge in [-0.1, -0.05) is 96.8 Å². The van der Waals surface area contributed by atoms with Crippen LogP contribution in [-0.4, -0.2) is 45.1 Å². The Bertz CT molecular complexity index is 223. The third-order valence-corrected chi connectivity index (χ3v) is 3.99. The van der Waals surface area contributed by atoms with Crippen molar-refractivity contribution in [3.63, 3.8) is 0 Å². The van der Waals surface area contributed by atoms with E-state index < -0.39 is 5.97 Å². The number of carbonyl (C=O) groups is 1. The number of hydrogen-bond acceptors (Lipinski definition) is 1. The Kier molecular flexibility index (Phi) is 29.4. The van der Waals surface area contributed by atoms with Crippen LogP contribution >= 0.6 is 0 Å². The Hall–Kier alpha value is 0.453. The van der Waals surface area contributed by atoms with Gasteiger partial charge in [0.2, 0.25) is 0 Å². The summed E-state index contributed by atoms with van der Waals surface area (Å²) in [4.78, 5) is 10.3. The molecule has 0 aromatic rings. The summed E-state index contributed by atoms with van der Waals surface area (Å²) in [6, 6.07) is 0. The standard InChI is InChI=1S/C18H36O2.Mg.H4Si.2H/c1-2-3-4-5-6-7-8-9-10-11-12-13-14-15-16-17-18(19)20;;;;/h2-17H2,1H3,(H,19,20);;1H4;;/q;+2;;2*-1. The zero-order chi connectivity index (χ0) is 14.9.